The van der Waals surface area contributed by atoms with Crippen molar-refractivity contribution >= 4 is 11.6 Å². The quantitative estimate of drug-likeness (QED) is 0.813. The normalized spacial score (nSPS) is 18.1. The van der Waals surface area contributed by atoms with Gasteiger partial charge >= 0.3 is 0 Å². The number of methoxy groups -OCH3 is 1. The first kappa shape index (κ1) is 14.7. The monoisotopic (exact) mass is 276 g/mol. The second kappa shape index (κ2) is 7.17. The van der Waals surface area contributed by atoms with E-state index in [1.165, 1.54) is 25.7 Å². The zero-order valence-electron chi connectivity index (χ0n) is 12.1. The van der Waals surface area contributed by atoms with Gasteiger partial charge in [0.25, 0.3) is 0 Å². The minimum atomic E-state index is -0.291. The second-order valence-electron chi connectivity index (χ2n) is 5.51. The van der Waals surface area contributed by atoms with E-state index in [9.17, 15) is 4.79 Å². The third-order valence-electron chi connectivity index (χ3n) is 4.07. The number of hydrogen-bond donors (Lipinski definition) is 2. The summed E-state index contributed by atoms with van der Waals surface area (Å²) in [4.78, 5) is 11.8. The Morgan fingerprint density at radius 2 is 2.00 bits per heavy atom. The van der Waals surface area contributed by atoms with Crippen molar-refractivity contribution in [3.05, 3.63) is 24.3 Å². The van der Waals surface area contributed by atoms with E-state index in [-0.39, 0.29) is 11.9 Å². The van der Waals surface area contributed by atoms with Crippen molar-refractivity contribution < 1.29 is 9.53 Å². The van der Waals surface area contributed by atoms with Crippen molar-refractivity contribution in [3.63, 3.8) is 0 Å². The van der Waals surface area contributed by atoms with Gasteiger partial charge in [-0.15, -0.1) is 0 Å². The predicted octanol–water partition coefficient (Wildman–Crippen LogP) is 2.93. The number of carbonyl (C=O) groups excluding carboxylic acids is 1. The van der Waals surface area contributed by atoms with Crippen LogP contribution in [0.2, 0.25) is 0 Å². The molecule has 1 aliphatic carbocycles. The van der Waals surface area contributed by atoms with E-state index in [4.69, 9.17) is 10.5 Å². The number of nitrogens with one attached hydrogen (secondary N) is 1. The third-order valence-corrected chi connectivity index (χ3v) is 4.07. The lowest BCUT2D eigenvalue weighted by atomic mass is 9.91. The fourth-order valence-electron chi connectivity index (χ4n) is 2.96. The van der Waals surface area contributed by atoms with Crippen molar-refractivity contribution in [3.8, 4) is 5.75 Å². The molecular weight excluding hydrogens is 252 g/mol. The van der Waals surface area contributed by atoms with Gasteiger partial charge in [-0.1, -0.05) is 31.7 Å². The molecular formula is C16H24N2O2. The first-order valence-electron chi connectivity index (χ1n) is 7.40. The van der Waals surface area contributed by atoms with Crippen LogP contribution in [0.5, 0.6) is 5.75 Å². The number of amides is 1. The van der Waals surface area contributed by atoms with Crippen LogP contribution >= 0.6 is 0 Å². The van der Waals surface area contributed by atoms with E-state index >= 15 is 0 Å². The molecule has 0 spiro atoms. The number of ether oxygens (including phenoxy) is 1. The molecule has 20 heavy (non-hydrogen) atoms. The Kier molecular flexibility index (Phi) is 5.27. The van der Waals surface area contributed by atoms with Gasteiger partial charge in [0, 0.05) is 11.8 Å². The minimum Gasteiger partial charge on any atom is -0.497 e. The molecule has 1 atom stereocenters. The van der Waals surface area contributed by atoms with E-state index in [1.807, 2.05) is 24.3 Å². The average molecular weight is 276 g/mol. The zero-order valence-corrected chi connectivity index (χ0v) is 12.1. The molecule has 1 aromatic rings. The molecule has 0 radical (unpaired) electrons. The summed E-state index contributed by atoms with van der Waals surface area (Å²) in [5.74, 6) is 0.847. The number of rotatable bonds is 5. The van der Waals surface area contributed by atoms with Gasteiger partial charge in [-0.25, -0.2) is 0 Å². The molecule has 4 heteroatoms. The highest BCUT2D eigenvalue weighted by Crippen LogP contribution is 2.28. The molecule has 1 fully saturated rings. The molecule has 1 amide bonds. The molecule has 110 valence electrons. The first-order chi connectivity index (χ1) is 9.70. The lowest BCUT2D eigenvalue weighted by Gasteiger charge is -2.25. The molecule has 0 heterocycles. The van der Waals surface area contributed by atoms with Crippen LogP contribution in [0.4, 0.5) is 5.69 Å². The van der Waals surface area contributed by atoms with E-state index in [0.717, 1.165) is 24.3 Å². The Morgan fingerprint density at radius 1 is 1.30 bits per heavy atom. The third kappa shape index (κ3) is 3.89. The number of anilines is 1. The molecule has 0 aliphatic heterocycles. The van der Waals surface area contributed by atoms with Crippen LogP contribution in [0.1, 0.15) is 38.5 Å². The lowest BCUT2D eigenvalue weighted by molar-refractivity contribution is -0.119. The molecule has 3 N–H and O–H groups in total. The van der Waals surface area contributed by atoms with Gasteiger partial charge in [-0.3, -0.25) is 4.79 Å². The topological polar surface area (TPSA) is 64.3 Å². The average Bonchev–Trinajstić information content (AvgIpc) is 2.73. The number of nitrogens with two attached hydrogens (primary N) is 1. The van der Waals surface area contributed by atoms with Crippen LogP contribution in [-0.4, -0.2) is 19.1 Å². The Labute approximate surface area is 120 Å². The standard InChI is InChI=1S/C16H24N2O2/c1-20-14-10-6-9-13(11-14)18-15(16(17)19)12-7-4-2-3-5-8-12/h6,9-12,15,18H,2-5,7-8H2,1H3,(H2,17,19). The van der Waals surface area contributed by atoms with Gasteiger partial charge in [0.2, 0.25) is 5.91 Å². The minimum absolute atomic E-state index is 0.264. The smallest absolute Gasteiger partial charge is 0.240 e. The maximum absolute atomic E-state index is 11.8. The van der Waals surface area contributed by atoms with E-state index < -0.39 is 0 Å². The molecule has 1 saturated carbocycles. The Hall–Kier alpha value is -1.71. The fraction of sp³-hybridized carbons (Fsp3) is 0.562. The highest BCUT2D eigenvalue weighted by atomic mass is 16.5. The highest BCUT2D eigenvalue weighted by molar-refractivity contribution is 5.83. The summed E-state index contributed by atoms with van der Waals surface area (Å²) in [5, 5.41) is 3.30. The molecule has 0 saturated heterocycles. The van der Waals surface area contributed by atoms with Crippen molar-refractivity contribution in [2.24, 2.45) is 11.7 Å². The fourth-order valence-corrected chi connectivity index (χ4v) is 2.96. The van der Waals surface area contributed by atoms with Gasteiger partial charge < -0.3 is 15.8 Å². The molecule has 2 rings (SSSR count). The van der Waals surface area contributed by atoms with Crippen molar-refractivity contribution in [1.82, 2.24) is 0 Å². The van der Waals surface area contributed by atoms with Gasteiger partial charge in [-0.2, -0.15) is 0 Å². The highest BCUT2D eigenvalue weighted by Gasteiger charge is 2.27. The van der Waals surface area contributed by atoms with Crippen LogP contribution in [0.3, 0.4) is 0 Å². The second-order valence-corrected chi connectivity index (χ2v) is 5.51. The molecule has 0 bridgehead atoms. The molecule has 1 aliphatic rings. The number of carbonyl (C=O) groups is 1. The predicted molar refractivity (Wildman–Crippen MR) is 80.8 cm³/mol. The van der Waals surface area contributed by atoms with Crippen LogP contribution < -0.4 is 15.8 Å². The summed E-state index contributed by atoms with van der Waals surface area (Å²) in [6.07, 6.45) is 7.06. The number of benzene rings is 1. The Bertz CT molecular complexity index is 440. The molecule has 1 aromatic carbocycles. The number of hydrogen-bond acceptors (Lipinski definition) is 3. The van der Waals surface area contributed by atoms with Crippen molar-refractivity contribution in [2.45, 2.75) is 44.6 Å². The van der Waals surface area contributed by atoms with E-state index in [1.54, 1.807) is 7.11 Å². The van der Waals surface area contributed by atoms with Crippen molar-refractivity contribution in [1.29, 1.82) is 0 Å². The van der Waals surface area contributed by atoms with E-state index in [2.05, 4.69) is 5.32 Å². The summed E-state index contributed by atoms with van der Waals surface area (Å²) in [7, 11) is 1.63. The summed E-state index contributed by atoms with van der Waals surface area (Å²) in [6.45, 7) is 0. The van der Waals surface area contributed by atoms with Crippen LogP contribution in [0, 0.1) is 5.92 Å². The van der Waals surface area contributed by atoms with E-state index in [0.29, 0.717) is 5.92 Å². The maximum atomic E-state index is 11.8. The zero-order chi connectivity index (χ0) is 14.4. The van der Waals surface area contributed by atoms with Gasteiger partial charge in [0.05, 0.1) is 7.11 Å². The van der Waals surface area contributed by atoms with Crippen LogP contribution in [0.15, 0.2) is 24.3 Å². The molecule has 0 aromatic heterocycles. The van der Waals surface area contributed by atoms with Crippen LogP contribution in [0.25, 0.3) is 0 Å². The molecule has 1 unspecified atom stereocenters. The molecule has 4 nitrogen and oxygen atoms in total. The first-order valence-corrected chi connectivity index (χ1v) is 7.40. The van der Waals surface area contributed by atoms with Gasteiger partial charge in [-0.05, 0) is 30.9 Å². The maximum Gasteiger partial charge on any atom is 0.240 e. The van der Waals surface area contributed by atoms with Crippen molar-refractivity contribution in [2.75, 3.05) is 12.4 Å². The van der Waals surface area contributed by atoms with Gasteiger partial charge in [0.1, 0.15) is 11.8 Å². The summed E-state index contributed by atoms with van der Waals surface area (Å²) >= 11 is 0. The SMILES string of the molecule is COc1cccc(NC(C(N)=O)C2CCCCCC2)c1. The Balaban J connectivity index is 2.09. The van der Waals surface area contributed by atoms with Gasteiger partial charge in [0.15, 0.2) is 0 Å². The lowest BCUT2D eigenvalue weighted by Crippen LogP contribution is -2.41. The number of primary amides is 1. The Morgan fingerprint density at radius 3 is 2.60 bits per heavy atom. The largest absolute Gasteiger partial charge is 0.497 e. The summed E-state index contributed by atoms with van der Waals surface area (Å²) in [6, 6.07) is 7.34. The van der Waals surface area contributed by atoms with Crippen LogP contribution in [-0.2, 0) is 4.79 Å². The summed E-state index contributed by atoms with van der Waals surface area (Å²) in [5.41, 5.74) is 6.49. The summed E-state index contributed by atoms with van der Waals surface area (Å²) < 4.78 is 5.21.